The number of aromatic nitrogens is 2. The largest absolute Gasteiger partial charge is 0.495 e. The predicted molar refractivity (Wildman–Crippen MR) is 216 cm³/mol. The topological polar surface area (TPSA) is 75.0 Å². The molecule has 10 heteroatoms. The maximum absolute atomic E-state index is 13.3. The van der Waals surface area contributed by atoms with Crippen molar-refractivity contribution in [3.63, 3.8) is 0 Å². The van der Waals surface area contributed by atoms with Crippen LogP contribution in [0.25, 0.3) is 22.4 Å². The van der Waals surface area contributed by atoms with E-state index in [1.54, 1.807) is 0 Å². The second-order valence-electron chi connectivity index (χ2n) is 19.5. The third kappa shape index (κ3) is 7.80. The van der Waals surface area contributed by atoms with Crippen LogP contribution in [0.1, 0.15) is 110 Å². The number of fused-ring (bicyclic) bond motifs is 1. The Morgan fingerprint density at radius 2 is 1.57 bits per heavy atom. The van der Waals surface area contributed by atoms with Crippen LogP contribution in [0.3, 0.4) is 0 Å². The van der Waals surface area contributed by atoms with Crippen molar-refractivity contribution in [2.24, 2.45) is 5.41 Å². The molecular formula is C43H62BN3O5Si. The summed E-state index contributed by atoms with van der Waals surface area (Å²) in [7, 11) is -1.61. The fourth-order valence-electron chi connectivity index (χ4n) is 8.83. The number of amides is 1. The molecular weight excluding hydrogens is 677 g/mol. The zero-order valence-electron chi connectivity index (χ0n) is 34.1. The van der Waals surface area contributed by atoms with Gasteiger partial charge in [0.1, 0.15) is 18.2 Å². The molecule has 1 aromatic heterocycles. The molecule has 8 nitrogen and oxygen atoms in total. The molecule has 1 spiro atoms. The number of likely N-dealkylation sites (tertiary alicyclic amines) is 1. The molecule has 2 aromatic carbocycles. The summed E-state index contributed by atoms with van der Waals surface area (Å²) < 4.78 is 27.6. The maximum atomic E-state index is 13.3. The number of rotatable bonds is 9. The van der Waals surface area contributed by atoms with Crippen molar-refractivity contribution in [1.29, 1.82) is 0 Å². The van der Waals surface area contributed by atoms with Crippen LogP contribution in [0.4, 0.5) is 4.79 Å². The highest BCUT2D eigenvalue weighted by molar-refractivity contribution is 6.76. The molecule has 2 saturated heterocycles. The van der Waals surface area contributed by atoms with E-state index in [0.717, 1.165) is 48.8 Å². The number of nitrogens with zero attached hydrogens (tertiary/aromatic N) is 3. The van der Waals surface area contributed by atoms with Gasteiger partial charge in [-0.25, -0.2) is 9.78 Å². The van der Waals surface area contributed by atoms with Gasteiger partial charge >= 0.3 is 13.2 Å². The lowest BCUT2D eigenvalue weighted by Gasteiger charge is -2.32. The molecule has 7 rings (SSSR count). The van der Waals surface area contributed by atoms with Crippen molar-refractivity contribution in [2.45, 2.75) is 155 Å². The minimum absolute atomic E-state index is 0.161. The van der Waals surface area contributed by atoms with Gasteiger partial charge in [-0.1, -0.05) is 68.9 Å². The molecule has 3 heterocycles. The van der Waals surface area contributed by atoms with Crippen molar-refractivity contribution in [3.05, 3.63) is 59.5 Å². The van der Waals surface area contributed by atoms with Crippen molar-refractivity contribution in [2.75, 3.05) is 13.2 Å². The minimum atomic E-state index is -1.26. The number of carbonyl (C=O) groups is 1. The molecule has 3 fully saturated rings. The SMILES string of the molecule is CC(C)(C)OC(=O)N1CCC[C@H]1c1ncc(-c2ccc(-c3ccc(B4OC(C)(C)C(C)(C)O4)c4c3CC3(CCCC3)C4)cc2)n1COCC[Si](C)(C)C. The lowest BCUT2D eigenvalue weighted by atomic mass is 9.73. The molecule has 0 N–H and O–H groups in total. The lowest BCUT2D eigenvalue weighted by Crippen LogP contribution is -2.41. The number of ether oxygens (including phenoxy) is 2. The summed E-state index contributed by atoms with van der Waals surface area (Å²) in [4.78, 5) is 20.2. The van der Waals surface area contributed by atoms with Crippen LogP contribution in [-0.2, 0) is 38.4 Å². The minimum Gasteiger partial charge on any atom is -0.444 e. The smallest absolute Gasteiger partial charge is 0.444 e. The van der Waals surface area contributed by atoms with Gasteiger partial charge < -0.3 is 23.3 Å². The molecule has 1 amide bonds. The summed E-state index contributed by atoms with van der Waals surface area (Å²) in [6.45, 7) is 23.2. The maximum Gasteiger partial charge on any atom is 0.495 e. The van der Waals surface area contributed by atoms with Gasteiger partial charge in [-0.15, -0.1) is 0 Å². The van der Waals surface area contributed by atoms with Crippen LogP contribution in [0.2, 0.25) is 25.7 Å². The van der Waals surface area contributed by atoms with Crippen LogP contribution in [0, 0.1) is 5.41 Å². The average Bonchev–Trinajstić information content (AvgIpc) is 3.89. The van der Waals surface area contributed by atoms with Gasteiger partial charge in [0, 0.05) is 21.2 Å². The first kappa shape index (κ1) is 38.4. The highest BCUT2D eigenvalue weighted by atomic mass is 28.3. The number of hydrogen-bond donors (Lipinski definition) is 0. The molecule has 1 saturated carbocycles. The highest BCUT2D eigenvalue weighted by Gasteiger charge is 2.53. The van der Waals surface area contributed by atoms with Gasteiger partial charge in [-0.05, 0) is 132 Å². The van der Waals surface area contributed by atoms with Crippen LogP contribution < -0.4 is 5.46 Å². The summed E-state index contributed by atoms with van der Waals surface area (Å²) >= 11 is 0. The zero-order valence-corrected chi connectivity index (χ0v) is 35.1. The summed E-state index contributed by atoms with van der Waals surface area (Å²) in [6, 6.07) is 14.5. The van der Waals surface area contributed by atoms with E-state index in [2.05, 4.69) is 88.3 Å². The Kier molecular flexibility index (Phi) is 10.1. The normalized spacial score (nSPS) is 21.9. The molecule has 2 aliphatic carbocycles. The predicted octanol–water partition coefficient (Wildman–Crippen LogP) is 9.56. The van der Waals surface area contributed by atoms with Gasteiger partial charge in [0.15, 0.2) is 0 Å². The van der Waals surface area contributed by atoms with Crippen LogP contribution in [-0.4, -0.2) is 65.7 Å². The fraction of sp³-hybridized carbons (Fsp3) is 0.628. The first-order valence-electron chi connectivity index (χ1n) is 20.1. The van der Waals surface area contributed by atoms with Crippen molar-refractivity contribution < 1.29 is 23.6 Å². The van der Waals surface area contributed by atoms with Crippen LogP contribution in [0.15, 0.2) is 42.6 Å². The van der Waals surface area contributed by atoms with Gasteiger partial charge in [0.25, 0.3) is 0 Å². The summed E-state index contributed by atoms with van der Waals surface area (Å²) in [6.07, 6.45) is 10.9. The van der Waals surface area contributed by atoms with E-state index in [1.807, 2.05) is 31.9 Å². The van der Waals surface area contributed by atoms with Crippen LogP contribution >= 0.6 is 0 Å². The number of benzene rings is 2. The molecule has 3 aromatic rings. The molecule has 0 bridgehead atoms. The van der Waals surface area contributed by atoms with Crippen molar-refractivity contribution >= 4 is 26.7 Å². The Hall–Kier alpha value is -2.92. The first-order valence-corrected chi connectivity index (χ1v) is 23.8. The Balaban J connectivity index is 1.20. The molecule has 53 heavy (non-hydrogen) atoms. The van der Waals surface area contributed by atoms with Crippen molar-refractivity contribution in [1.82, 2.24) is 14.5 Å². The van der Waals surface area contributed by atoms with Crippen LogP contribution in [0.5, 0.6) is 0 Å². The number of hydrogen-bond acceptors (Lipinski definition) is 6. The van der Waals surface area contributed by atoms with Gasteiger partial charge in [-0.3, -0.25) is 4.90 Å². The van der Waals surface area contributed by atoms with Gasteiger partial charge in [0.2, 0.25) is 0 Å². The molecule has 1 atom stereocenters. The summed E-state index contributed by atoms with van der Waals surface area (Å²) in [5, 5.41) is 0. The third-order valence-corrected chi connectivity index (χ3v) is 14.2. The molecule has 0 unspecified atom stereocenters. The second kappa shape index (κ2) is 14.0. The summed E-state index contributed by atoms with van der Waals surface area (Å²) in [5.41, 5.74) is 7.79. The second-order valence-corrected chi connectivity index (χ2v) is 25.1. The first-order chi connectivity index (χ1) is 24.9. The number of imidazole rings is 1. The van der Waals surface area contributed by atoms with E-state index in [-0.39, 0.29) is 30.5 Å². The number of carbonyl (C=O) groups excluding carboxylic acids is 1. The Bertz CT molecular complexity index is 1800. The quantitative estimate of drug-likeness (QED) is 0.161. The Morgan fingerprint density at radius 3 is 2.21 bits per heavy atom. The van der Waals surface area contributed by atoms with Gasteiger partial charge in [0.05, 0.1) is 29.1 Å². The summed E-state index contributed by atoms with van der Waals surface area (Å²) in [5.74, 6) is 0.860. The molecule has 2 aliphatic heterocycles. The van der Waals surface area contributed by atoms with E-state index < -0.39 is 13.7 Å². The van der Waals surface area contributed by atoms with E-state index >= 15 is 0 Å². The third-order valence-electron chi connectivity index (χ3n) is 12.5. The van der Waals surface area contributed by atoms with E-state index in [1.165, 1.54) is 53.4 Å². The molecule has 286 valence electrons. The molecule has 0 radical (unpaired) electrons. The van der Waals surface area contributed by atoms with Crippen molar-refractivity contribution in [3.8, 4) is 22.4 Å². The van der Waals surface area contributed by atoms with E-state index in [9.17, 15) is 4.79 Å². The van der Waals surface area contributed by atoms with E-state index in [4.69, 9.17) is 23.8 Å². The average molecular weight is 740 g/mol. The van der Waals surface area contributed by atoms with E-state index in [0.29, 0.717) is 25.3 Å². The monoisotopic (exact) mass is 739 g/mol. The standard InChI is InChI=1S/C43H62BN3O5Si/c1-40(2,3)50-39(48)46-23-13-14-36(46)38-45-28-37(47(38)29-49-24-25-53(8,9)10)31-17-15-30(16-18-31)32-19-20-35(44-51-41(4,5)42(6,7)52-44)34-27-43(26-33(32)34)21-11-12-22-43/h15-20,28,36H,11-14,21-27,29H2,1-10H3/t36-/m0/s1. The van der Waals surface area contributed by atoms with Gasteiger partial charge in [-0.2, -0.15) is 0 Å². The Morgan fingerprint density at radius 1 is 0.925 bits per heavy atom. The zero-order chi connectivity index (χ0) is 38.0. The lowest BCUT2D eigenvalue weighted by molar-refractivity contribution is 0.00578. The Labute approximate surface area is 319 Å². The highest BCUT2D eigenvalue weighted by Crippen LogP contribution is 2.51. The molecule has 4 aliphatic rings. The fourth-order valence-corrected chi connectivity index (χ4v) is 9.58.